The molecule has 1 rings (SSSR count). The lowest BCUT2D eigenvalue weighted by molar-refractivity contribution is 0.0676. The maximum atomic E-state index is 5.18. The molecule has 0 spiro atoms. The molecule has 0 aromatic heterocycles. The molecule has 0 aromatic rings. The van der Waals surface area contributed by atoms with Crippen LogP contribution in [0.1, 0.15) is 0 Å². The summed E-state index contributed by atoms with van der Waals surface area (Å²) in [7, 11) is 1.72. The SMILES string of the molecule is C=NC(=NC)N1CCOCC1. The van der Waals surface area contributed by atoms with Gasteiger partial charge in [-0.25, -0.2) is 4.99 Å². The second-order valence-electron chi connectivity index (χ2n) is 2.28. The Hall–Kier alpha value is -0.900. The Labute approximate surface area is 66.6 Å². The molecule has 0 N–H and O–H groups in total. The predicted octanol–water partition coefficient (Wildman–Crippen LogP) is 0.00500. The van der Waals surface area contributed by atoms with Gasteiger partial charge in [0.15, 0.2) is 0 Å². The van der Waals surface area contributed by atoms with E-state index in [2.05, 4.69) is 21.6 Å². The lowest BCUT2D eigenvalue weighted by Crippen LogP contribution is -2.39. The molecule has 0 aromatic carbocycles. The van der Waals surface area contributed by atoms with Crippen molar-refractivity contribution in [1.29, 1.82) is 0 Å². The largest absolute Gasteiger partial charge is 0.378 e. The highest BCUT2D eigenvalue weighted by Gasteiger charge is 2.12. The van der Waals surface area contributed by atoms with Crippen LogP contribution in [0.25, 0.3) is 0 Å². The van der Waals surface area contributed by atoms with Crippen molar-refractivity contribution in [2.45, 2.75) is 0 Å². The summed E-state index contributed by atoms with van der Waals surface area (Å²) >= 11 is 0. The van der Waals surface area contributed by atoms with Crippen molar-refractivity contribution in [3.8, 4) is 0 Å². The second-order valence-corrected chi connectivity index (χ2v) is 2.28. The van der Waals surface area contributed by atoms with Crippen LogP contribution in [-0.2, 0) is 4.74 Å². The first-order chi connectivity index (χ1) is 5.38. The smallest absolute Gasteiger partial charge is 0.219 e. The standard InChI is InChI=1S/C7H13N3O/c1-8-7(9-2)10-3-5-11-6-4-10/h1,3-6H2,2H3. The van der Waals surface area contributed by atoms with Gasteiger partial charge in [0.05, 0.1) is 13.2 Å². The van der Waals surface area contributed by atoms with E-state index in [1.807, 2.05) is 0 Å². The first kappa shape index (κ1) is 8.20. The summed E-state index contributed by atoms with van der Waals surface area (Å²) in [5.74, 6) is 0.716. The maximum absolute atomic E-state index is 5.18. The minimum absolute atomic E-state index is 0.716. The highest BCUT2D eigenvalue weighted by Crippen LogP contribution is 1.98. The molecule has 1 aliphatic heterocycles. The quantitative estimate of drug-likeness (QED) is 0.365. The summed E-state index contributed by atoms with van der Waals surface area (Å²) < 4.78 is 5.18. The van der Waals surface area contributed by atoms with Gasteiger partial charge in [0.1, 0.15) is 0 Å². The van der Waals surface area contributed by atoms with E-state index in [1.165, 1.54) is 0 Å². The highest BCUT2D eigenvalue weighted by molar-refractivity contribution is 5.84. The third-order valence-corrected chi connectivity index (χ3v) is 1.64. The summed E-state index contributed by atoms with van der Waals surface area (Å²) in [6.45, 7) is 6.69. The fraction of sp³-hybridized carbons (Fsp3) is 0.714. The minimum Gasteiger partial charge on any atom is -0.378 e. The van der Waals surface area contributed by atoms with E-state index in [0.29, 0.717) is 5.96 Å². The molecular weight excluding hydrogens is 142 g/mol. The Morgan fingerprint density at radius 2 is 2.09 bits per heavy atom. The molecule has 0 unspecified atom stereocenters. The van der Waals surface area contributed by atoms with Crippen molar-refractivity contribution in [2.75, 3.05) is 33.4 Å². The molecule has 0 radical (unpaired) electrons. The highest BCUT2D eigenvalue weighted by atomic mass is 16.5. The van der Waals surface area contributed by atoms with Crippen molar-refractivity contribution in [2.24, 2.45) is 9.98 Å². The molecule has 1 heterocycles. The summed E-state index contributed by atoms with van der Waals surface area (Å²) in [5.41, 5.74) is 0. The van der Waals surface area contributed by atoms with E-state index in [-0.39, 0.29) is 0 Å². The normalized spacial score (nSPS) is 20.1. The monoisotopic (exact) mass is 155 g/mol. The summed E-state index contributed by atoms with van der Waals surface area (Å²) in [6, 6.07) is 0. The molecule has 11 heavy (non-hydrogen) atoms. The van der Waals surface area contributed by atoms with Crippen LogP contribution in [0.3, 0.4) is 0 Å². The summed E-state index contributed by atoms with van der Waals surface area (Å²) in [6.07, 6.45) is 0. The van der Waals surface area contributed by atoms with Crippen molar-refractivity contribution in [3.05, 3.63) is 0 Å². The number of rotatable bonds is 0. The van der Waals surface area contributed by atoms with Gasteiger partial charge in [0.25, 0.3) is 0 Å². The Bertz CT molecular complexity index is 161. The molecule has 4 nitrogen and oxygen atoms in total. The first-order valence-corrected chi connectivity index (χ1v) is 3.64. The zero-order chi connectivity index (χ0) is 8.10. The number of guanidine groups is 1. The molecule has 1 fully saturated rings. The van der Waals surface area contributed by atoms with Gasteiger partial charge in [-0.2, -0.15) is 0 Å². The van der Waals surface area contributed by atoms with Crippen molar-refractivity contribution >= 4 is 12.7 Å². The fourth-order valence-electron chi connectivity index (χ4n) is 1.08. The number of aliphatic imine (C=N–C) groups is 2. The number of morpholine rings is 1. The zero-order valence-corrected chi connectivity index (χ0v) is 6.79. The van der Waals surface area contributed by atoms with Crippen LogP contribution in [0.4, 0.5) is 0 Å². The van der Waals surface area contributed by atoms with Gasteiger partial charge >= 0.3 is 0 Å². The van der Waals surface area contributed by atoms with Crippen LogP contribution < -0.4 is 0 Å². The number of hydrogen-bond acceptors (Lipinski definition) is 2. The van der Waals surface area contributed by atoms with E-state index in [9.17, 15) is 0 Å². The van der Waals surface area contributed by atoms with Crippen molar-refractivity contribution < 1.29 is 4.74 Å². The fourth-order valence-corrected chi connectivity index (χ4v) is 1.08. The average molecular weight is 155 g/mol. The van der Waals surface area contributed by atoms with Gasteiger partial charge in [-0.1, -0.05) is 0 Å². The van der Waals surface area contributed by atoms with Crippen molar-refractivity contribution in [1.82, 2.24) is 4.90 Å². The van der Waals surface area contributed by atoms with Crippen LogP contribution in [0.5, 0.6) is 0 Å². The molecular formula is C7H13N3O. The number of hydrogen-bond donors (Lipinski definition) is 0. The maximum Gasteiger partial charge on any atom is 0.219 e. The van der Waals surface area contributed by atoms with Gasteiger partial charge in [-0.15, -0.1) is 0 Å². The van der Waals surface area contributed by atoms with Crippen LogP contribution >= 0.6 is 0 Å². The van der Waals surface area contributed by atoms with E-state index < -0.39 is 0 Å². The molecule has 1 aliphatic rings. The van der Waals surface area contributed by atoms with Gasteiger partial charge in [0.2, 0.25) is 5.96 Å². The third kappa shape index (κ3) is 2.01. The Morgan fingerprint density at radius 1 is 1.45 bits per heavy atom. The summed E-state index contributed by atoms with van der Waals surface area (Å²) in [4.78, 5) is 9.85. The van der Waals surface area contributed by atoms with Gasteiger partial charge in [-0.05, 0) is 6.72 Å². The van der Waals surface area contributed by atoms with E-state index in [1.54, 1.807) is 7.05 Å². The molecule has 0 saturated carbocycles. The van der Waals surface area contributed by atoms with Crippen LogP contribution in [0.15, 0.2) is 9.98 Å². The Morgan fingerprint density at radius 3 is 2.55 bits per heavy atom. The molecule has 0 atom stereocenters. The Kier molecular flexibility index (Phi) is 3.04. The third-order valence-electron chi connectivity index (χ3n) is 1.64. The topological polar surface area (TPSA) is 37.2 Å². The van der Waals surface area contributed by atoms with Crippen LogP contribution in [0, 0.1) is 0 Å². The van der Waals surface area contributed by atoms with E-state index >= 15 is 0 Å². The first-order valence-electron chi connectivity index (χ1n) is 3.64. The van der Waals surface area contributed by atoms with Gasteiger partial charge in [-0.3, -0.25) is 4.99 Å². The van der Waals surface area contributed by atoms with E-state index in [4.69, 9.17) is 4.74 Å². The number of nitrogens with zero attached hydrogens (tertiary/aromatic N) is 3. The summed E-state index contributed by atoms with van der Waals surface area (Å²) in [5, 5.41) is 0. The zero-order valence-electron chi connectivity index (χ0n) is 6.79. The minimum atomic E-state index is 0.716. The molecule has 0 amide bonds. The second kappa shape index (κ2) is 4.08. The van der Waals surface area contributed by atoms with Gasteiger partial charge in [0, 0.05) is 20.1 Å². The van der Waals surface area contributed by atoms with Crippen LogP contribution in [-0.4, -0.2) is 50.9 Å². The average Bonchev–Trinajstić information content (AvgIpc) is 2.09. The van der Waals surface area contributed by atoms with Crippen molar-refractivity contribution in [3.63, 3.8) is 0 Å². The molecule has 0 bridgehead atoms. The molecule has 4 heteroatoms. The number of ether oxygens (including phenoxy) is 1. The van der Waals surface area contributed by atoms with Crippen LogP contribution in [0.2, 0.25) is 0 Å². The molecule has 1 saturated heterocycles. The molecule has 62 valence electrons. The lowest BCUT2D eigenvalue weighted by Gasteiger charge is -2.27. The van der Waals surface area contributed by atoms with E-state index in [0.717, 1.165) is 26.3 Å². The predicted molar refractivity (Wildman–Crippen MR) is 45.3 cm³/mol. The molecule has 0 aliphatic carbocycles. The lowest BCUT2D eigenvalue weighted by atomic mass is 10.4. The van der Waals surface area contributed by atoms with Gasteiger partial charge < -0.3 is 9.64 Å². The Balaban J connectivity index is 2.49.